The number of hydrogen-bond acceptors (Lipinski definition) is 3. The van der Waals surface area contributed by atoms with Crippen molar-refractivity contribution in [2.75, 3.05) is 39.3 Å². The third-order valence-electron chi connectivity index (χ3n) is 4.11. The van der Waals surface area contributed by atoms with E-state index < -0.39 is 0 Å². The standard InChI is InChI=1S/C13H23N3O2.ClH/c1-11(17)15-6-3-7-16(9-8-15)12(18)13(2)4-5-14-10-13;/h14H,3-10H2,1-2H3;1H. The predicted molar refractivity (Wildman–Crippen MR) is 76.3 cm³/mol. The summed E-state index contributed by atoms with van der Waals surface area (Å²) in [5, 5.41) is 3.26. The van der Waals surface area contributed by atoms with Gasteiger partial charge in [-0.15, -0.1) is 12.4 Å². The average Bonchev–Trinajstić information content (AvgIpc) is 2.65. The number of carbonyl (C=O) groups excluding carboxylic acids is 2. The molecule has 0 aromatic heterocycles. The maximum Gasteiger partial charge on any atom is 0.229 e. The number of carbonyl (C=O) groups is 2. The van der Waals surface area contributed by atoms with Crippen LogP contribution in [0.3, 0.4) is 0 Å². The lowest BCUT2D eigenvalue weighted by Gasteiger charge is -2.30. The molecule has 0 aromatic carbocycles. The summed E-state index contributed by atoms with van der Waals surface area (Å²) in [4.78, 5) is 27.7. The lowest BCUT2D eigenvalue weighted by molar-refractivity contribution is -0.140. The van der Waals surface area contributed by atoms with Crippen LogP contribution in [-0.4, -0.2) is 60.9 Å². The fourth-order valence-corrected chi connectivity index (χ4v) is 2.82. The van der Waals surface area contributed by atoms with Crippen LogP contribution < -0.4 is 5.32 Å². The van der Waals surface area contributed by atoms with E-state index in [4.69, 9.17) is 0 Å². The Balaban J connectivity index is 0.00000180. The van der Waals surface area contributed by atoms with Crippen molar-refractivity contribution in [3.05, 3.63) is 0 Å². The largest absolute Gasteiger partial charge is 0.341 e. The molecule has 110 valence electrons. The Bertz CT molecular complexity index is 343. The monoisotopic (exact) mass is 289 g/mol. The van der Waals surface area contributed by atoms with E-state index in [1.807, 2.05) is 16.7 Å². The van der Waals surface area contributed by atoms with Crippen molar-refractivity contribution in [1.82, 2.24) is 15.1 Å². The molecule has 19 heavy (non-hydrogen) atoms. The predicted octanol–water partition coefficient (Wildman–Crippen LogP) is 0.489. The van der Waals surface area contributed by atoms with Gasteiger partial charge in [-0.05, 0) is 26.3 Å². The van der Waals surface area contributed by atoms with Crippen LogP contribution in [0.2, 0.25) is 0 Å². The Morgan fingerprint density at radius 2 is 1.74 bits per heavy atom. The minimum Gasteiger partial charge on any atom is -0.341 e. The highest BCUT2D eigenvalue weighted by Crippen LogP contribution is 2.27. The van der Waals surface area contributed by atoms with Gasteiger partial charge in [0, 0.05) is 39.6 Å². The summed E-state index contributed by atoms with van der Waals surface area (Å²) in [5.74, 6) is 0.357. The third kappa shape index (κ3) is 3.60. The highest BCUT2D eigenvalue weighted by atomic mass is 35.5. The topological polar surface area (TPSA) is 52.7 Å². The summed E-state index contributed by atoms with van der Waals surface area (Å²) in [7, 11) is 0. The van der Waals surface area contributed by atoms with Crippen molar-refractivity contribution in [2.24, 2.45) is 5.41 Å². The van der Waals surface area contributed by atoms with Gasteiger partial charge in [0.2, 0.25) is 11.8 Å². The first-order valence-electron chi connectivity index (χ1n) is 6.78. The van der Waals surface area contributed by atoms with Crippen LogP contribution in [0.25, 0.3) is 0 Å². The lowest BCUT2D eigenvalue weighted by Crippen LogP contribution is -2.45. The Labute approximate surface area is 121 Å². The van der Waals surface area contributed by atoms with Gasteiger partial charge in [-0.2, -0.15) is 0 Å². The molecule has 1 atom stereocenters. The molecule has 2 heterocycles. The van der Waals surface area contributed by atoms with E-state index in [0.29, 0.717) is 13.1 Å². The van der Waals surface area contributed by atoms with Crippen LogP contribution in [0.15, 0.2) is 0 Å². The van der Waals surface area contributed by atoms with Gasteiger partial charge in [-0.1, -0.05) is 0 Å². The maximum absolute atomic E-state index is 12.5. The van der Waals surface area contributed by atoms with Gasteiger partial charge in [-0.3, -0.25) is 9.59 Å². The van der Waals surface area contributed by atoms with Crippen LogP contribution in [0.4, 0.5) is 0 Å². The second-order valence-corrected chi connectivity index (χ2v) is 5.64. The SMILES string of the molecule is CC(=O)N1CCCN(C(=O)C2(C)CCNC2)CC1.Cl. The smallest absolute Gasteiger partial charge is 0.229 e. The first-order chi connectivity index (χ1) is 8.53. The summed E-state index contributed by atoms with van der Waals surface area (Å²) in [6.07, 6.45) is 1.80. The van der Waals surface area contributed by atoms with Gasteiger partial charge >= 0.3 is 0 Å². The zero-order valence-electron chi connectivity index (χ0n) is 11.8. The zero-order chi connectivity index (χ0) is 13.2. The Morgan fingerprint density at radius 1 is 1.11 bits per heavy atom. The minimum absolute atomic E-state index is 0. The van der Waals surface area contributed by atoms with Crippen LogP contribution in [0.5, 0.6) is 0 Å². The van der Waals surface area contributed by atoms with Crippen LogP contribution in [0, 0.1) is 5.41 Å². The highest BCUT2D eigenvalue weighted by molar-refractivity contribution is 5.85. The molecule has 0 radical (unpaired) electrons. The van der Waals surface area contributed by atoms with E-state index in [9.17, 15) is 9.59 Å². The van der Waals surface area contributed by atoms with Gasteiger partial charge in [0.15, 0.2) is 0 Å². The fraction of sp³-hybridized carbons (Fsp3) is 0.846. The zero-order valence-corrected chi connectivity index (χ0v) is 12.6. The number of halogens is 1. The molecule has 2 aliphatic rings. The summed E-state index contributed by atoms with van der Waals surface area (Å²) in [5.41, 5.74) is -0.245. The van der Waals surface area contributed by atoms with E-state index in [0.717, 1.165) is 39.0 Å². The molecule has 1 unspecified atom stereocenters. The van der Waals surface area contributed by atoms with E-state index in [-0.39, 0.29) is 29.6 Å². The number of nitrogens with one attached hydrogen (secondary N) is 1. The van der Waals surface area contributed by atoms with Gasteiger partial charge in [0.05, 0.1) is 5.41 Å². The molecule has 2 aliphatic heterocycles. The van der Waals surface area contributed by atoms with Gasteiger partial charge < -0.3 is 15.1 Å². The Morgan fingerprint density at radius 3 is 2.32 bits per heavy atom. The van der Waals surface area contributed by atoms with Crippen LogP contribution in [-0.2, 0) is 9.59 Å². The molecule has 2 fully saturated rings. The number of rotatable bonds is 1. The van der Waals surface area contributed by atoms with E-state index >= 15 is 0 Å². The first-order valence-corrected chi connectivity index (χ1v) is 6.78. The van der Waals surface area contributed by atoms with Crippen molar-refractivity contribution >= 4 is 24.2 Å². The second-order valence-electron chi connectivity index (χ2n) is 5.64. The quantitative estimate of drug-likeness (QED) is 0.764. The fourth-order valence-electron chi connectivity index (χ4n) is 2.82. The van der Waals surface area contributed by atoms with Gasteiger partial charge in [0.1, 0.15) is 0 Å². The molecule has 2 saturated heterocycles. The number of amides is 2. The Kier molecular flexibility index (Phi) is 5.62. The second kappa shape index (κ2) is 6.57. The molecule has 2 rings (SSSR count). The summed E-state index contributed by atoms with van der Waals surface area (Å²) >= 11 is 0. The van der Waals surface area contributed by atoms with Crippen molar-refractivity contribution in [2.45, 2.75) is 26.7 Å². The normalized spacial score (nSPS) is 27.7. The van der Waals surface area contributed by atoms with Crippen molar-refractivity contribution in [3.63, 3.8) is 0 Å². The molecular weight excluding hydrogens is 266 g/mol. The molecule has 0 spiro atoms. The molecule has 0 bridgehead atoms. The van der Waals surface area contributed by atoms with Gasteiger partial charge in [-0.25, -0.2) is 0 Å². The highest BCUT2D eigenvalue weighted by Gasteiger charge is 2.39. The van der Waals surface area contributed by atoms with Gasteiger partial charge in [0.25, 0.3) is 0 Å². The average molecular weight is 290 g/mol. The molecule has 0 aromatic rings. The van der Waals surface area contributed by atoms with Crippen molar-refractivity contribution < 1.29 is 9.59 Å². The third-order valence-corrected chi connectivity index (χ3v) is 4.11. The number of nitrogens with zero attached hydrogens (tertiary/aromatic N) is 2. The molecule has 1 N–H and O–H groups in total. The maximum atomic E-state index is 12.5. The van der Waals surface area contributed by atoms with E-state index in [1.54, 1.807) is 6.92 Å². The summed E-state index contributed by atoms with van der Waals surface area (Å²) in [6.45, 7) is 8.24. The van der Waals surface area contributed by atoms with E-state index in [2.05, 4.69) is 5.32 Å². The molecule has 2 amide bonds. The molecule has 0 aliphatic carbocycles. The van der Waals surface area contributed by atoms with E-state index in [1.165, 1.54) is 0 Å². The van der Waals surface area contributed by atoms with Crippen LogP contribution in [0.1, 0.15) is 26.7 Å². The molecular formula is C13H24ClN3O2. The first kappa shape index (κ1) is 16.2. The Hall–Kier alpha value is -0.810. The van der Waals surface area contributed by atoms with Crippen molar-refractivity contribution in [3.8, 4) is 0 Å². The molecule has 0 saturated carbocycles. The van der Waals surface area contributed by atoms with Crippen molar-refractivity contribution in [1.29, 1.82) is 0 Å². The minimum atomic E-state index is -0.245. The lowest BCUT2D eigenvalue weighted by atomic mass is 9.88. The summed E-state index contributed by atoms with van der Waals surface area (Å²) in [6, 6.07) is 0. The van der Waals surface area contributed by atoms with Crippen LogP contribution >= 0.6 is 12.4 Å². The summed E-state index contributed by atoms with van der Waals surface area (Å²) < 4.78 is 0. The molecule has 5 nitrogen and oxygen atoms in total. The number of hydrogen-bond donors (Lipinski definition) is 1. The molecule has 6 heteroatoms.